The number of fused-ring (bicyclic) bond motifs is 1. The molecule has 14 heteroatoms. The van der Waals surface area contributed by atoms with Crippen LogP contribution in [-0.4, -0.2) is 121 Å². The fourth-order valence-electron chi connectivity index (χ4n) is 9.88. The van der Waals surface area contributed by atoms with Crippen molar-refractivity contribution in [1.82, 2.24) is 20.0 Å². The summed E-state index contributed by atoms with van der Waals surface area (Å²) in [6.07, 6.45) is 3.33. The molecule has 5 fully saturated rings. The van der Waals surface area contributed by atoms with E-state index < -0.39 is 35.5 Å². The summed E-state index contributed by atoms with van der Waals surface area (Å²) in [5.41, 5.74) is 4.27. The van der Waals surface area contributed by atoms with E-state index in [1.165, 1.54) is 6.07 Å². The molecule has 3 aromatic carbocycles. The lowest BCUT2D eigenvalue weighted by Crippen LogP contribution is -2.63. The van der Waals surface area contributed by atoms with Crippen LogP contribution in [0.3, 0.4) is 0 Å². The number of nitrogens with one attached hydrogen (secondary N) is 1. The van der Waals surface area contributed by atoms with Crippen LogP contribution in [0.4, 0.5) is 21.5 Å². The molecule has 3 aromatic rings. The van der Waals surface area contributed by atoms with Crippen LogP contribution >= 0.6 is 0 Å². The second-order valence-electron chi connectivity index (χ2n) is 16.6. The van der Waals surface area contributed by atoms with Gasteiger partial charge in [-0.25, -0.2) is 4.39 Å². The number of rotatable bonds is 6. The van der Waals surface area contributed by atoms with E-state index in [0.29, 0.717) is 30.7 Å². The minimum atomic E-state index is -0.988. The van der Waals surface area contributed by atoms with Crippen LogP contribution in [0.25, 0.3) is 0 Å². The Morgan fingerprint density at radius 3 is 2.19 bits per heavy atom. The molecule has 1 unspecified atom stereocenters. The van der Waals surface area contributed by atoms with Gasteiger partial charge in [0.25, 0.3) is 17.7 Å². The number of piperidine rings is 2. The largest absolute Gasteiger partial charge is 0.371 e. The van der Waals surface area contributed by atoms with E-state index in [0.717, 1.165) is 87.0 Å². The number of nitriles is 1. The number of halogens is 1. The predicted octanol–water partition coefficient (Wildman–Crippen LogP) is 3.63. The molecule has 2 atom stereocenters. The lowest BCUT2D eigenvalue weighted by atomic mass is 9.76. The molecule has 5 saturated heterocycles. The zero-order valence-electron chi connectivity index (χ0n) is 32.0. The number of piperazine rings is 1. The maximum Gasteiger partial charge on any atom is 0.262 e. The maximum absolute atomic E-state index is 14.4. The molecule has 5 amide bonds. The van der Waals surface area contributed by atoms with Gasteiger partial charge in [-0.3, -0.25) is 39.1 Å². The summed E-state index contributed by atoms with van der Waals surface area (Å²) in [4.78, 5) is 76.1. The second kappa shape index (κ2) is 14.3. The Hall–Kier alpha value is -5.81. The van der Waals surface area contributed by atoms with Crippen LogP contribution in [0.15, 0.2) is 60.7 Å². The highest BCUT2D eigenvalue weighted by molar-refractivity contribution is 6.23. The van der Waals surface area contributed by atoms with Gasteiger partial charge >= 0.3 is 0 Å². The fraction of sp³-hybridized carbons (Fsp3) is 0.442. The second-order valence-corrected chi connectivity index (χ2v) is 16.6. The predicted molar refractivity (Wildman–Crippen MR) is 209 cm³/mol. The smallest absolute Gasteiger partial charge is 0.262 e. The van der Waals surface area contributed by atoms with Crippen molar-refractivity contribution in [3.63, 3.8) is 0 Å². The number of benzene rings is 3. The molecular formula is C43H45FN8O5. The van der Waals surface area contributed by atoms with Crippen molar-refractivity contribution < 1.29 is 28.4 Å². The summed E-state index contributed by atoms with van der Waals surface area (Å²) in [5, 5.41) is 11.4. The van der Waals surface area contributed by atoms with E-state index in [-0.39, 0.29) is 40.9 Å². The van der Waals surface area contributed by atoms with E-state index in [1.807, 2.05) is 35.2 Å². The minimum Gasteiger partial charge on any atom is -0.371 e. The Bertz CT molecular complexity index is 2200. The van der Waals surface area contributed by atoms with Gasteiger partial charge < -0.3 is 19.6 Å². The Morgan fingerprint density at radius 1 is 0.825 bits per heavy atom. The van der Waals surface area contributed by atoms with E-state index >= 15 is 0 Å². The minimum absolute atomic E-state index is 0.0389. The van der Waals surface area contributed by atoms with Crippen LogP contribution in [0.1, 0.15) is 75.7 Å². The topological polar surface area (TPSA) is 141 Å². The highest BCUT2D eigenvalue weighted by atomic mass is 19.1. The lowest BCUT2D eigenvalue weighted by Gasteiger charge is -2.49. The summed E-state index contributed by atoms with van der Waals surface area (Å²) in [6, 6.07) is 19.7. The van der Waals surface area contributed by atoms with Gasteiger partial charge in [0.2, 0.25) is 11.8 Å². The summed E-state index contributed by atoms with van der Waals surface area (Å²) in [6.45, 7) is 9.26. The first-order valence-corrected chi connectivity index (χ1v) is 20.0. The van der Waals surface area contributed by atoms with Crippen LogP contribution in [0, 0.1) is 22.6 Å². The summed E-state index contributed by atoms with van der Waals surface area (Å²) < 4.78 is 14.4. The number of carbonyl (C=O) groups excluding carboxylic acids is 5. The normalized spacial score (nSPS) is 23.8. The van der Waals surface area contributed by atoms with Crippen molar-refractivity contribution in [3.05, 3.63) is 88.7 Å². The first-order chi connectivity index (χ1) is 27.5. The quantitative estimate of drug-likeness (QED) is 0.370. The molecule has 6 aliphatic rings. The molecule has 6 aliphatic heterocycles. The van der Waals surface area contributed by atoms with Gasteiger partial charge in [-0.1, -0.05) is 0 Å². The molecular weight excluding hydrogens is 728 g/mol. The molecule has 0 saturated carbocycles. The van der Waals surface area contributed by atoms with Crippen molar-refractivity contribution in [3.8, 4) is 6.07 Å². The van der Waals surface area contributed by atoms with E-state index in [9.17, 15) is 28.4 Å². The molecule has 9 rings (SSSR count). The lowest BCUT2D eigenvalue weighted by molar-refractivity contribution is -0.136. The van der Waals surface area contributed by atoms with Gasteiger partial charge in [0.1, 0.15) is 17.9 Å². The SMILES string of the molecule is C[C@H]1CC2(CCN(c3ccc(C(=O)N4CCN(C5CN(c6ccc7c(c6)C(=O)N(C6CCC(=O)NC6=O)C7=O)C5)CC4)cc3)CC2)CN1c1ccc(C#N)c(F)c1. The van der Waals surface area contributed by atoms with Crippen LogP contribution in [0.2, 0.25) is 0 Å². The number of imide groups is 2. The van der Waals surface area contributed by atoms with Gasteiger partial charge in [0.15, 0.2) is 0 Å². The number of hydrogen-bond donors (Lipinski definition) is 1. The van der Waals surface area contributed by atoms with E-state index in [1.54, 1.807) is 18.2 Å². The number of hydrogen-bond acceptors (Lipinski definition) is 10. The summed E-state index contributed by atoms with van der Waals surface area (Å²) in [5.74, 6) is -2.47. The van der Waals surface area contributed by atoms with Gasteiger partial charge in [0.05, 0.1) is 16.7 Å². The van der Waals surface area contributed by atoms with Crippen molar-refractivity contribution in [1.29, 1.82) is 5.26 Å². The summed E-state index contributed by atoms with van der Waals surface area (Å²) >= 11 is 0. The molecule has 1 spiro atoms. The Balaban J connectivity index is 0.741. The average molecular weight is 773 g/mol. The Labute approximate surface area is 330 Å². The first kappa shape index (κ1) is 36.8. The van der Waals surface area contributed by atoms with E-state index in [4.69, 9.17) is 5.26 Å². The third-order valence-electron chi connectivity index (χ3n) is 13.2. The van der Waals surface area contributed by atoms with Crippen molar-refractivity contribution >= 4 is 46.6 Å². The number of anilines is 3. The number of carbonyl (C=O) groups is 5. The van der Waals surface area contributed by atoms with E-state index in [2.05, 4.69) is 44.0 Å². The molecule has 0 bridgehead atoms. The van der Waals surface area contributed by atoms with Crippen LogP contribution in [0.5, 0.6) is 0 Å². The van der Waals surface area contributed by atoms with Crippen molar-refractivity contribution in [2.75, 3.05) is 73.6 Å². The fourth-order valence-corrected chi connectivity index (χ4v) is 9.88. The molecule has 13 nitrogen and oxygen atoms in total. The van der Waals surface area contributed by atoms with Gasteiger partial charge in [0, 0.05) is 100 Å². The van der Waals surface area contributed by atoms with Crippen molar-refractivity contribution in [2.45, 2.75) is 57.2 Å². The molecule has 0 aromatic heterocycles. The Kier molecular flexibility index (Phi) is 9.23. The van der Waals surface area contributed by atoms with Gasteiger partial charge in [-0.2, -0.15) is 5.26 Å². The molecule has 294 valence electrons. The average Bonchev–Trinajstić information content (AvgIpc) is 3.65. The van der Waals surface area contributed by atoms with Crippen LogP contribution < -0.4 is 20.0 Å². The monoisotopic (exact) mass is 772 g/mol. The Morgan fingerprint density at radius 2 is 1.51 bits per heavy atom. The summed E-state index contributed by atoms with van der Waals surface area (Å²) in [7, 11) is 0. The first-order valence-electron chi connectivity index (χ1n) is 20.0. The maximum atomic E-state index is 14.4. The number of amides is 5. The molecule has 1 N–H and O–H groups in total. The molecule has 6 heterocycles. The molecule has 0 radical (unpaired) electrons. The third-order valence-corrected chi connectivity index (χ3v) is 13.2. The highest BCUT2D eigenvalue weighted by Gasteiger charge is 2.46. The van der Waals surface area contributed by atoms with Gasteiger partial charge in [-0.05, 0) is 98.7 Å². The zero-order chi connectivity index (χ0) is 39.6. The molecule has 0 aliphatic carbocycles. The molecule has 57 heavy (non-hydrogen) atoms. The highest BCUT2D eigenvalue weighted by Crippen LogP contribution is 2.46. The third kappa shape index (κ3) is 6.57. The van der Waals surface area contributed by atoms with Gasteiger partial charge in [-0.15, -0.1) is 0 Å². The van der Waals surface area contributed by atoms with Crippen molar-refractivity contribution in [2.24, 2.45) is 5.41 Å². The standard InChI is InChI=1S/C43H45FN8O5/c1-27-22-43(26-51(27)32-7-4-29(23-45)36(44)21-32)12-14-47(15-13-43)30-5-2-28(3-6-30)40(55)49-18-16-48(17-19-49)33-24-50(25-33)31-8-9-34-35(20-31)42(57)52(41(34)56)37-10-11-38(53)46-39(37)54/h2-9,20-21,27,33,37H,10-19,22,24-26H2,1H3,(H,46,53,54)/t27-,37?/m0/s1. The number of nitrogens with zero attached hydrogens (tertiary/aromatic N) is 7. The zero-order valence-corrected chi connectivity index (χ0v) is 32.0. The van der Waals surface area contributed by atoms with Crippen LogP contribution in [-0.2, 0) is 9.59 Å².